The Labute approximate surface area is 147 Å². The second-order valence-electron chi connectivity index (χ2n) is 5.93. The Balaban J connectivity index is 1.68. The Morgan fingerprint density at radius 1 is 0.840 bits per heavy atom. The normalized spacial score (nSPS) is 10.6. The van der Waals surface area contributed by atoms with Crippen LogP contribution in [0.15, 0.2) is 84.9 Å². The van der Waals surface area contributed by atoms with E-state index in [0.717, 1.165) is 6.42 Å². The van der Waals surface area contributed by atoms with E-state index in [0.29, 0.717) is 12.1 Å². The van der Waals surface area contributed by atoms with Crippen LogP contribution in [-0.4, -0.2) is 12.5 Å². The number of benzene rings is 3. The van der Waals surface area contributed by atoms with E-state index in [-0.39, 0.29) is 11.8 Å². The molecule has 2 nitrogen and oxygen atoms in total. The van der Waals surface area contributed by atoms with Crippen LogP contribution in [0.25, 0.3) is 0 Å². The zero-order chi connectivity index (χ0) is 17.5. The highest BCUT2D eigenvalue weighted by atomic mass is 19.1. The summed E-state index contributed by atoms with van der Waals surface area (Å²) in [6.45, 7) is 0.518. The molecule has 0 fully saturated rings. The van der Waals surface area contributed by atoms with E-state index in [1.807, 2.05) is 36.4 Å². The Morgan fingerprint density at radius 2 is 1.44 bits per heavy atom. The zero-order valence-electron chi connectivity index (χ0n) is 13.9. The van der Waals surface area contributed by atoms with Gasteiger partial charge in [0.1, 0.15) is 5.82 Å². The van der Waals surface area contributed by atoms with E-state index in [1.54, 1.807) is 12.1 Å². The number of hydrogen-bond acceptors (Lipinski definition) is 1. The second-order valence-corrected chi connectivity index (χ2v) is 5.93. The molecule has 0 saturated heterocycles. The predicted molar refractivity (Wildman–Crippen MR) is 98.1 cm³/mol. The number of hydrogen-bond donors (Lipinski definition) is 1. The lowest BCUT2D eigenvalue weighted by Crippen LogP contribution is -2.26. The van der Waals surface area contributed by atoms with Crippen LogP contribution in [0.5, 0.6) is 0 Å². The summed E-state index contributed by atoms with van der Waals surface area (Å²) in [6, 6.07) is 26.2. The summed E-state index contributed by atoms with van der Waals surface area (Å²) in [5.74, 6) is -0.450. The third kappa shape index (κ3) is 4.54. The van der Waals surface area contributed by atoms with Gasteiger partial charge in [0.25, 0.3) is 5.91 Å². The lowest BCUT2D eigenvalue weighted by atomic mass is 9.88. The minimum Gasteiger partial charge on any atom is -0.352 e. The molecular formula is C22H20FNO. The third-order valence-corrected chi connectivity index (χ3v) is 4.21. The summed E-state index contributed by atoms with van der Waals surface area (Å²) in [7, 11) is 0. The minimum atomic E-state index is -0.404. The Kier molecular flexibility index (Phi) is 5.57. The molecular weight excluding hydrogens is 313 g/mol. The number of nitrogens with one attached hydrogen (secondary N) is 1. The molecule has 3 rings (SSSR count). The summed E-state index contributed by atoms with van der Waals surface area (Å²) < 4.78 is 13.2. The standard InChI is InChI=1S/C22H20FNO/c23-20-13-7-12-19(16-20)22(25)24-15-14-21(17-8-3-1-4-9-17)18-10-5-2-6-11-18/h1-13,16,21H,14-15H2,(H,24,25). The first-order valence-corrected chi connectivity index (χ1v) is 8.37. The summed E-state index contributed by atoms with van der Waals surface area (Å²) >= 11 is 0. The maximum atomic E-state index is 13.2. The van der Waals surface area contributed by atoms with Gasteiger partial charge in [-0.1, -0.05) is 66.7 Å². The fourth-order valence-electron chi connectivity index (χ4n) is 2.96. The van der Waals surface area contributed by atoms with Crippen LogP contribution in [0.3, 0.4) is 0 Å². The number of carbonyl (C=O) groups excluding carboxylic acids is 1. The van der Waals surface area contributed by atoms with Crippen LogP contribution in [0, 0.1) is 5.82 Å². The predicted octanol–water partition coefficient (Wildman–Crippen LogP) is 4.78. The highest BCUT2D eigenvalue weighted by molar-refractivity contribution is 5.94. The van der Waals surface area contributed by atoms with Crippen molar-refractivity contribution in [3.8, 4) is 0 Å². The number of amides is 1. The molecule has 0 unspecified atom stereocenters. The van der Waals surface area contributed by atoms with Crippen LogP contribution in [-0.2, 0) is 0 Å². The lowest BCUT2D eigenvalue weighted by Gasteiger charge is -2.18. The fourth-order valence-corrected chi connectivity index (χ4v) is 2.96. The maximum absolute atomic E-state index is 13.2. The summed E-state index contributed by atoms with van der Waals surface area (Å²) in [4.78, 5) is 12.2. The molecule has 0 bridgehead atoms. The Hall–Kier alpha value is -2.94. The molecule has 0 heterocycles. The molecule has 0 atom stereocenters. The van der Waals surface area contributed by atoms with Gasteiger partial charge in [-0.2, -0.15) is 0 Å². The molecule has 0 spiro atoms. The van der Waals surface area contributed by atoms with Gasteiger partial charge in [0.2, 0.25) is 0 Å². The minimum absolute atomic E-state index is 0.204. The molecule has 1 amide bonds. The molecule has 1 N–H and O–H groups in total. The average Bonchev–Trinajstić information content (AvgIpc) is 2.66. The molecule has 3 aromatic rings. The van der Waals surface area contributed by atoms with E-state index in [1.165, 1.54) is 23.3 Å². The van der Waals surface area contributed by atoms with Crippen molar-refractivity contribution in [2.45, 2.75) is 12.3 Å². The van der Waals surface area contributed by atoms with Crippen molar-refractivity contribution >= 4 is 5.91 Å². The van der Waals surface area contributed by atoms with Crippen molar-refractivity contribution in [3.63, 3.8) is 0 Å². The molecule has 0 aromatic heterocycles. The summed E-state index contributed by atoms with van der Waals surface area (Å²) in [5.41, 5.74) is 2.78. The van der Waals surface area contributed by atoms with Crippen LogP contribution >= 0.6 is 0 Å². The lowest BCUT2D eigenvalue weighted by molar-refractivity contribution is 0.0952. The van der Waals surface area contributed by atoms with Crippen LogP contribution < -0.4 is 5.32 Å². The summed E-state index contributed by atoms with van der Waals surface area (Å²) in [5, 5.41) is 2.89. The van der Waals surface area contributed by atoms with Gasteiger partial charge >= 0.3 is 0 Å². The Morgan fingerprint density at radius 3 is 2.00 bits per heavy atom. The monoisotopic (exact) mass is 333 g/mol. The Bertz CT molecular complexity index is 778. The highest BCUT2D eigenvalue weighted by Crippen LogP contribution is 2.27. The van der Waals surface area contributed by atoms with Gasteiger partial charge in [0.15, 0.2) is 0 Å². The average molecular weight is 333 g/mol. The molecule has 0 aliphatic rings. The van der Waals surface area contributed by atoms with Crippen LogP contribution in [0.4, 0.5) is 4.39 Å². The highest BCUT2D eigenvalue weighted by Gasteiger charge is 2.14. The largest absolute Gasteiger partial charge is 0.352 e. The van der Waals surface area contributed by atoms with Gasteiger partial charge in [0.05, 0.1) is 0 Å². The first-order valence-electron chi connectivity index (χ1n) is 8.37. The number of carbonyl (C=O) groups is 1. The van der Waals surface area contributed by atoms with Gasteiger partial charge in [-0.05, 0) is 35.7 Å². The van der Waals surface area contributed by atoms with Crippen molar-refractivity contribution in [1.82, 2.24) is 5.32 Å². The van der Waals surface area contributed by atoms with Gasteiger partial charge in [-0.3, -0.25) is 4.79 Å². The van der Waals surface area contributed by atoms with E-state index >= 15 is 0 Å². The molecule has 0 aliphatic heterocycles. The van der Waals surface area contributed by atoms with Crippen LogP contribution in [0.2, 0.25) is 0 Å². The van der Waals surface area contributed by atoms with Gasteiger partial charge in [-0.15, -0.1) is 0 Å². The quantitative estimate of drug-likeness (QED) is 0.691. The SMILES string of the molecule is O=C(NCCC(c1ccccc1)c1ccccc1)c1cccc(F)c1. The first-order chi connectivity index (χ1) is 12.2. The van der Waals surface area contributed by atoms with Crippen molar-refractivity contribution in [2.75, 3.05) is 6.54 Å². The molecule has 0 saturated carbocycles. The van der Waals surface area contributed by atoms with Crippen molar-refractivity contribution < 1.29 is 9.18 Å². The molecule has 25 heavy (non-hydrogen) atoms. The summed E-state index contributed by atoms with van der Waals surface area (Å²) in [6.07, 6.45) is 0.773. The van der Waals surface area contributed by atoms with E-state index in [2.05, 4.69) is 29.6 Å². The smallest absolute Gasteiger partial charge is 0.251 e. The van der Waals surface area contributed by atoms with Crippen LogP contribution in [0.1, 0.15) is 33.8 Å². The van der Waals surface area contributed by atoms with Gasteiger partial charge in [0, 0.05) is 18.0 Å². The van der Waals surface area contributed by atoms with E-state index in [4.69, 9.17) is 0 Å². The maximum Gasteiger partial charge on any atom is 0.251 e. The van der Waals surface area contributed by atoms with E-state index in [9.17, 15) is 9.18 Å². The molecule has 126 valence electrons. The van der Waals surface area contributed by atoms with Crippen molar-refractivity contribution in [1.29, 1.82) is 0 Å². The molecule has 3 aromatic carbocycles. The zero-order valence-corrected chi connectivity index (χ0v) is 13.9. The molecule has 0 radical (unpaired) electrons. The third-order valence-electron chi connectivity index (χ3n) is 4.21. The molecule has 0 aliphatic carbocycles. The van der Waals surface area contributed by atoms with Gasteiger partial charge < -0.3 is 5.32 Å². The number of halogens is 1. The fraction of sp³-hybridized carbons (Fsp3) is 0.136. The van der Waals surface area contributed by atoms with Gasteiger partial charge in [-0.25, -0.2) is 4.39 Å². The first kappa shape index (κ1) is 16.9. The second kappa shape index (κ2) is 8.25. The van der Waals surface area contributed by atoms with Crippen molar-refractivity contribution in [2.24, 2.45) is 0 Å². The van der Waals surface area contributed by atoms with E-state index < -0.39 is 5.82 Å². The topological polar surface area (TPSA) is 29.1 Å². The molecule has 3 heteroatoms. The van der Waals surface area contributed by atoms with Crippen molar-refractivity contribution in [3.05, 3.63) is 107 Å². The number of rotatable bonds is 6.